The normalized spacial score (nSPS) is 13.8. The molecule has 0 spiro atoms. The molecule has 0 saturated carbocycles. The van der Waals surface area contributed by atoms with E-state index in [4.69, 9.17) is 0 Å². The molecule has 0 aromatic heterocycles. The molecule has 5 heteroatoms. The van der Waals surface area contributed by atoms with Crippen molar-refractivity contribution in [2.45, 2.75) is 59.5 Å². The summed E-state index contributed by atoms with van der Waals surface area (Å²) in [4.78, 5) is 18.9. The first kappa shape index (κ1) is 20.3. The largest absolute Gasteiger partial charge is 0.357 e. The Hall–Kier alpha value is -2.04. The number of aliphatic imine (C=N–C) groups is 1. The van der Waals surface area contributed by atoms with Crippen molar-refractivity contribution in [2.75, 3.05) is 19.6 Å². The number of hydrogen-bond acceptors (Lipinski definition) is 2. The van der Waals surface area contributed by atoms with Crippen molar-refractivity contribution in [3.05, 3.63) is 35.4 Å². The summed E-state index contributed by atoms with van der Waals surface area (Å²) in [5, 5.41) is 6.64. The van der Waals surface area contributed by atoms with Crippen molar-refractivity contribution in [3.63, 3.8) is 0 Å². The minimum atomic E-state index is 0.228. The van der Waals surface area contributed by atoms with Gasteiger partial charge in [0.2, 0.25) is 5.91 Å². The number of nitrogens with one attached hydrogen (secondary N) is 2. The maximum absolute atomic E-state index is 12.4. The quantitative estimate of drug-likeness (QED) is 0.404. The fourth-order valence-electron chi connectivity index (χ4n) is 3.15. The number of rotatable bonds is 9. The van der Waals surface area contributed by atoms with Crippen LogP contribution in [-0.2, 0) is 17.9 Å². The number of amides is 1. The summed E-state index contributed by atoms with van der Waals surface area (Å²) < 4.78 is 0. The first-order valence-electron chi connectivity index (χ1n) is 9.97. The minimum absolute atomic E-state index is 0.228. The number of hydrogen-bond donors (Lipinski definition) is 2. The van der Waals surface area contributed by atoms with E-state index in [1.165, 1.54) is 17.5 Å². The Morgan fingerprint density at radius 1 is 1.15 bits per heavy atom. The Kier molecular flexibility index (Phi) is 8.45. The molecule has 1 heterocycles. The molecule has 1 aromatic carbocycles. The van der Waals surface area contributed by atoms with E-state index >= 15 is 0 Å². The molecular weight excluding hydrogens is 324 g/mol. The number of fused-ring (bicyclic) bond motifs is 1. The van der Waals surface area contributed by atoms with E-state index in [2.05, 4.69) is 48.5 Å². The Bertz CT molecular complexity index is 572. The number of carbonyl (C=O) groups excluding carboxylic acids is 1. The van der Waals surface area contributed by atoms with Gasteiger partial charge in [0.25, 0.3) is 0 Å². The molecule has 0 radical (unpaired) electrons. The van der Waals surface area contributed by atoms with Gasteiger partial charge >= 0.3 is 0 Å². The van der Waals surface area contributed by atoms with E-state index in [0.717, 1.165) is 50.9 Å². The van der Waals surface area contributed by atoms with Crippen molar-refractivity contribution < 1.29 is 4.79 Å². The van der Waals surface area contributed by atoms with Crippen molar-refractivity contribution in [1.82, 2.24) is 15.5 Å². The summed E-state index contributed by atoms with van der Waals surface area (Å²) in [5.41, 5.74) is 2.55. The predicted octanol–water partition coefficient (Wildman–Crippen LogP) is 3.30. The molecule has 2 rings (SSSR count). The summed E-state index contributed by atoms with van der Waals surface area (Å²) >= 11 is 0. The van der Waals surface area contributed by atoms with Gasteiger partial charge in [-0.1, -0.05) is 38.1 Å². The van der Waals surface area contributed by atoms with Gasteiger partial charge in [0, 0.05) is 39.1 Å². The van der Waals surface area contributed by atoms with Crippen LogP contribution in [0.1, 0.15) is 57.6 Å². The lowest BCUT2D eigenvalue weighted by Gasteiger charge is -2.15. The van der Waals surface area contributed by atoms with Gasteiger partial charge in [0.05, 0.1) is 0 Å². The van der Waals surface area contributed by atoms with Crippen LogP contribution in [0.5, 0.6) is 0 Å². The van der Waals surface area contributed by atoms with Crippen LogP contribution in [0.15, 0.2) is 29.3 Å². The molecule has 144 valence electrons. The molecule has 1 aromatic rings. The van der Waals surface area contributed by atoms with E-state index in [9.17, 15) is 4.79 Å². The van der Waals surface area contributed by atoms with Gasteiger partial charge < -0.3 is 15.5 Å². The maximum atomic E-state index is 12.4. The Morgan fingerprint density at radius 3 is 2.46 bits per heavy atom. The Morgan fingerprint density at radius 2 is 1.85 bits per heavy atom. The zero-order chi connectivity index (χ0) is 18.8. The van der Waals surface area contributed by atoms with Crippen LogP contribution in [-0.4, -0.2) is 36.4 Å². The van der Waals surface area contributed by atoms with E-state index in [-0.39, 0.29) is 5.91 Å². The third-order valence-corrected chi connectivity index (χ3v) is 4.61. The Balaban J connectivity index is 1.68. The van der Waals surface area contributed by atoms with Crippen molar-refractivity contribution in [2.24, 2.45) is 10.9 Å². The smallest absolute Gasteiger partial charge is 0.223 e. The lowest BCUT2D eigenvalue weighted by atomic mass is 10.1. The molecule has 0 atom stereocenters. The molecule has 0 unspecified atom stereocenters. The number of guanidine groups is 1. The highest BCUT2D eigenvalue weighted by Gasteiger charge is 2.22. The van der Waals surface area contributed by atoms with Crippen LogP contribution in [0.2, 0.25) is 0 Å². The number of nitrogens with zero attached hydrogens (tertiary/aromatic N) is 2. The summed E-state index contributed by atoms with van der Waals surface area (Å²) in [6.45, 7) is 10.5. The highest BCUT2D eigenvalue weighted by molar-refractivity contribution is 5.80. The molecular formula is C21H34N4O. The topological polar surface area (TPSA) is 56.7 Å². The van der Waals surface area contributed by atoms with E-state index in [0.29, 0.717) is 13.0 Å². The molecule has 5 nitrogen and oxygen atoms in total. The first-order valence-corrected chi connectivity index (χ1v) is 9.97. The second-order valence-corrected chi connectivity index (χ2v) is 7.35. The third-order valence-electron chi connectivity index (χ3n) is 4.61. The zero-order valence-electron chi connectivity index (χ0n) is 16.6. The summed E-state index contributed by atoms with van der Waals surface area (Å²) in [6, 6.07) is 8.30. The van der Waals surface area contributed by atoms with Gasteiger partial charge in [-0.3, -0.25) is 9.79 Å². The van der Waals surface area contributed by atoms with Crippen LogP contribution in [0.3, 0.4) is 0 Å². The molecule has 2 N–H and O–H groups in total. The molecule has 1 amide bonds. The van der Waals surface area contributed by atoms with Crippen LogP contribution >= 0.6 is 0 Å². The molecule has 0 aliphatic carbocycles. The molecule has 0 saturated heterocycles. The van der Waals surface area contributed by atoms with Crippen LogP contribution in [0, 0.1) is 5.92 Å². The minimum Gasteiger partial charge on any atom is -0.357 e. The lowest BCUT2D eigenvalue weighted by Crippen LogP contribution is -2.38. The lowest BCUT2D eigenvalue weighted by molar-refractivity contribution is -0.131. The molecule has 26 heavy (non-hydrogen) atoms. The van der Waals surface area contributed by atoms with Gasteiger partial charge in [-0.05, 0) is 43.2 Å². The fourth-order valence-corrected chi connectivity index (χ4v) is 3.15. The molecule has 1 aliphatic heterocycles. The zero-order valence-corrected chi connectivity index (χ0v) is 16.6. The average Bonchev–Trinajstić information content (AvgIpc) is 3.06. The van der Waals surface area contributed by atoms with Crippen molar-refractivity contribution in [3.8, 4) is 0 Å². The van der Waals surface area contributed by atoms with E-state index in [1.54, 1.807) is 0 Å². The summed E-state index contributed by atoms with van der Waals surface area (Å²) in [7, 11) is 0. The van der Waals surface area contributed by atoms with E-state index in [1.807, 2.05) is 17.0 Å². The molecule has 0 fully saturated rings. The number of benzene rings is 1. The Labute approximate surface area is 158 Å². The van der Waals surface area contributed by atoms with Gasteiger partial charge in [-0.15, -0.1) is 0 Å². The fraction of sp³-hybridized carbons (Fsp3) is 0.619. The van der Waals surface area contributed by atoms with Crippen LogP contribution in [0.4, 0.5) is 0 Å². The third kappa shape index (κ3) is 6.70. The van der Waals surface area contributed by atoms with E-state index < -0.39 is 0 Å². The molecule has 0 bridgehead atoms. The number of carbonyl (C=O) groups is 1. The van der Waals surface area contributed by atoms with Crippen molar-refractivity contribution >= 4 is 11.9 Å². The van der Waals surface area contributed by atoms with Gasteiger partial charge in [-0.25, -0.2) is 0 Å². The summed E-state index contributed by atoms with van der Waals surface area (Å²) in [5.74, 6) is 1.82. The van der Waals surface area contributed by atoms with Crippen LogP contribution < -0.4 is 10.6 Å². The second-order valence-electron chi connectivity index (χ2n) is 7.35. The van der Waals surface area contributed by atoms with Crippen molar-refractivity contribution in [1.29, 1.82) is 0 Å². The monoisotopic (exact) mass is 358 g/mol. The van der Waals surface area contributed by atoms with Gasteiger partial charge in [0.1, 0.15) is 0 Å². The van der Waals surface area contributed by atoms with Gasteiger partial charge in [-0.2, -0.15) is 0 Å². The average molecular weight is 359 g/mol. The highest BCUT2D eigenvalue weighted by Crippen LogP contribution is 2.22. The molecule has 1 aliphatic rings. The SMILES string of the molecule is CCNC(=NCCCC(=O)N1Cc2ccccc2C1)NCCCC(C)C. The first-order chi connectivity index (χ1) is 12.6. The highest BCUT2D eigenvalue weighted by atomic mass is 16.2. The summed E-state index contributed by atoms with van der Waals surface area (Å²) in [6.07, 6.45) is 3.72. The standard InChI is InChI=1S/C21H34N4O/c1-4-22-21(23-13-7-9-17(2)3)24-14-8-12-20(26)25-15-18-10-5-6-11-19(18)16-25/h5-6,10-11,17H,4,7-9,12-16H2,1-3H3,(H2,22,23,24). The second kappa shape index (κ2) is 10.8. The van der Waals surface area contributed by atoms with Gasteiger partial charge in [0.15, 0.2) is 5.96 Å². The maximum Gasteiger partial charge on any atom is 0.223 e. The predicted molar refractivity (Wildman–Crippen MR) is 108 cm³/mol. The van der Waals surface area contributed by atoms with Crippen LogP contribution in [0.25, 0.3) is 0 Å².